The lowest BCUT2D eigenvalue weighted by molar-refractivity contribution is -0.122. The van der Waals surface area contributed by atoms with Gasteiger partial charge in [-0.15, -0.1) is 0 Å². The second-order valence-corrected chi connectivity index (χ2v) is 6.89. The van der Waals surface area contributed by atoms with Crippen molar-refractivity contribution in [3.8, 4) is 0 Å². The molecule has 0 fully saturated rings. The first-order valence-electron chi connectivity index (χ1n) is 8.49. The van der Waals surface area contributed by atoms with Crippen LogP contribution in [-0.2, 0) is 22.4 Å². The zero-order valence-corrected chi connectivity index (χ0v) is 15.1. The van der Waals surface area contributed by atoms with Crippen molar-refractivity contribution in [2.24, 2.45) is 11.8 Å². The second-order valence-electron chi connectivity index (χ2n) is 6.89. The summed E-state index contributed by atoms with van der Waals surface area (Å²) >= 11 is 0. The topological polar surface area (TPSA) is 54.4 Å². The van der Waals surface area contributed by atoms with Crippen molar-refractivity contribution in [3.63, 3.8) is 0 Å². The Bertz CT molecular complexity index is 546. The molecule has 1 rings (SSSR count). The number of carbonyl (C=O) groups excluding carboxylic acids is 2. The van der Waals surface area contributed by atoms with E-state index in [9.17, 15) is 14.7 Å². The van der Waals surface area contributed by atoms with Gasteiger partial charge in [-0.3, -0.25) is 4.79 Å². The lowest BCUT2D eigenvalue weighted by Gasteiger charge is -2.24. The summed E-state index contributed by atoms with van der Waals surface area (Å²) in [5, 5.41) is 9.74. The molecule has 1 N–H and O–H groups in total. The van der Waals surface area contributed by atoms with Gasteiger partial charge in [0.2, 0.25) is 0 Å². The summed E-state index contributed by atoms with van der Waals surface area (Å²) in [6.45, 7) is 9.38. The van der Waals surface area contributed by atoms with Gasteiger partial charge >= 0.3 is 0 Å². The molecular formula is C20H30O3. The Balaban J connectivity index is 3.18. The normalized spacial score (nSPS) is 13.9. The summed E-state index contributed by atoms with van der Waals surface area (Å²) in [6.07, 6.45) is 1.93. The van der Waals surface area contributed by atoms with Crippen LogP contribution in [0.25, 0.3) is 0 Å². The molecule has 0 spiro atoms. The third-order valence-corrected chi connectivity index (χ3v) is 4.73. The lowest BCUT2D eigenvalue weighted by Crippen LogP contribution is -2.25. The first-order chi connectivity index (χ1) is 10.8. The zero-order chi connectivity index (χ0) is 17.6. The standard InChI is InChI=1S/C20H30O3/c1-13(2)19-8-6-7-17(10-9-14(3)22)20(19)11-18(12-21)15(4)16(5)23/h6-8,13,15,18,21H,9-12H2,1-5H3. The van der Waals surface area contributed by atoms with Gasteiger partial charge in [-0.05, 0) is 55.2 Å². The van der Waals surface area contributed by atoms with Gasteiger partial charge in [0.1, 0.15) is 11.6 Å². The predicted molar refractivity (Wildman–Crippen MR) is 93.7 cm³/mol. The van der Waals surface area contributed by atoms with E-state index in [4.69, 9.17) is 0 Å². The molecule has 0 radical (unpaired) electrons. The predicted octanol–water partition coefficient (Wildman–Crippen LogP) is 3.71. The van der Waals surface area contributed by atoms with Gasteiger partial charge in [0.05, 0.1) is 0 Å². The van der Waals surface area contributed by atoms with Gasteiger partial charge in [-0.25, -0.2) is 0 Å². The van der Waals surface area contributed by atoms with E-state index in [1.165, 1.54) is 16.7 Å². The van der Waals surface area contributed by atoms with Crippen molar-refractivity contribution in [3.05, 3.63) is 34.9 Å². The number of ketones is 2. The molecule has 0 saturated carbocycles. The quantitative estimate of drug-likeness (QED) is 0.755. The van der Waals surface area contributed by atoms with Crippen molar-refractivity contribution in [1.29, 1.82) is 0 Å². The molecule has 0 aromatic heterocycles. The summed E-state index contributed by atoms with van der Waals surface area (Å²) in [5.41, 5.74) is 3.62. The molecule has 3 nitrogen and oxygen atoms in total. The van der Waals surface area contributed by atoms with Gasteiger partial charge in [0, 0.05) is 18.9 Å². The number of aliphatic hydroxyl groups is 1. The summed E-state index contributed by atoms with van der Waals surface area (Å²) in [7, 11) is 0. The number of aryl methyl sites for hydroxylation is 1. The van der Waals surface area contributed by atoms with E-state index < -0.39 is 0 Å². The van der Waals surface area contributed by atoms with Crippen LogP contribution >= 0.6 is 0 Å². The molecule has 2 atom stereocenters. The third kappa shape index (κ3) is 5.58. The molecule has 23 heavy (non-hydrogen) atoms. The van der Waals surface area contributed by atoms with Crippen LogP contribution in [-0.4, -0.2) is 23.3 Å². The minimum Gasteiger partial charge on any atom is -0.396 e. The van der Waals surface area contributed by atoms with E-state index in [2.05, 4.69) is 26.0 Å². The molecular weight excluding hydrogens is 288 g/mol. The SMILES string of the molecule is CC(=O)CCc1cccc(C(C)C)c1CC(CO)C(C)C(C)=O. The van der Waals surface area contributed by atoms with Gasteiger partial charge < -0.3 is 9.90 Å². The van der Waals surface area contributed by atoms with Crippen LogP contribution < -0.4 is 0 Å². The number of aliphatic hydroxyl groups excluding tert-OH is 1. The monoisotopic (exact) mass is 318 g/mol. The van der Waals surface area contributed by atoms with Crippen LogP contribution in [0.4, 0.5) is 0 Å². The van der Waals surface area contributed by atoms with Crippen LogP contribution in [0.5, 0.6) is 0 Å². The molecule has 0 aliphatic heterocycles. The maximum atomic E-state index is 11.7. The van der Waals surface area contributed by atoms with Crippen molar-refractivity contribution in [2.75, 3.05) is 6.61 Å². The Kier molecular flexibility index (Phi) is 7.63. The van der Waals surface area contributed by atoms with Crippen LogP contribution in [0.2, 0.25) is 0 Å². The minimum absolute atomic E-state index is 0.000670. The highest BCUT2D eigenvalue weighted by atomic mass is 16.3. The number of hydrogen-bond acceptors (Lipinski definition) is 3. The molecule has 0 bridgehead atoms. The average Bonchev–Trinajstić information content (AvgIpc) is 2.49. The van der Waals surface area contributed by atoms with E-state index >= 15 is 0 Å². The summed E-state index contributed by atoms with van der Waals surface area (Å²) in [4.78, 5) is 23.0. The van der Waals surface area contributed by atoms with Crippen molar-refractivity contribution in [1.82, 2.24) is 0 Å². The number of hydrogen-bond donors (Lipinski definition) is 1. The van der Waals surface area contributed by atoms with E-state index in [1.54, 1.807) is 13.8 Å². The minimum atomic E-state index is -0.166. The number of carbonyl (C=O) groups is 2. The van der Waals surface area contributed by atoms with Crippen LogP contribution in [0.15, 0.2) is 18.2 Å². The Morgan fingerprint density at radius 2 is 1.78 bits per heavy atom. The van der Waals surface area contributed by atoms with Crippen LogP contribution in [0.3, 0.4) is 0 Å². The van der Waals surface area contributed by atoms with Crippen molar-refractivity contribution < 1.29 is 14.7 Å². The highest BCUT2D eigenvalue weighted by molar-refractivity contribution is 5.78. The number of Topliss-reactive ketones (excluding diaryl/α,β-unsaturated/α-hetero) is 2. The van der Waals surface area contributed by atoms with Gasteiger partial charge in [-0.2, -0.15) is 0 Å². The summed E-state index contributed by atoms with van der Waals surface area (Å²) < 4.78 is 0. The highest BCUT2D eigenvalue weighted by Crippen LogP contribution is 2.28. The van der Waals surface area contributed by atoms with Gasteiger partial charge in [0.25, 0.3) is 0 Å². The first-order valence-corrected chi connectivity index (χ1v) is 8.49. The Morgan fingerprint density at radius 1 is 1.13 bits per heavy atom. The molecule has 3 heteroatoms. The molecule has 0 aliphatic rings. The van der Waals surface area contributed by atoms with Crippen molar-refractivity contribution >= 4 is 11.6 Å². The zero-order valence-electron chi connectivity index (χ0n) is 15.1. The van der Waals surface area contributed by atoms with Crippen LogP contribution in [0.1, 0.15) is 63.6 Å². The van der Waals surface area contributed by atoms with Crippen LogP contribution in [0, 0.1) is 11.8 Å². The van der Waals surface area contributed by atoms with Gasteiger partial charge in [-0.1, -0.05) is 39.0 Å². The molecule has 1 aromatic carbocycles. The Labute approximate surface area is 140 Å². The third-order valence-electron chi connectivity index (χ3n) is 4.73. The average molecular weight is 318 g/mol. The molecule has 0 aliphatic carbocycles. The Hall–Kier alpha value is -1.48. The van der Waals surface area contributed by atoms with E-state index in [1.807, 2.05) is 13.0 Å². The lowest BCUT2D eigenvalue weighted by atomic mass is 9.81. The first kappa shape index (κ1) is 19.6. The highest BCUT2D eigenvalue weighted by Gasteiger charge is 2.23. The molecule has 128 valence electrons. The molecule has 0 amide bonds. The van der Waals surface area contributed by atoms with E-state index in [0.29, 0.717) is 18.8 Å². The molecule has 0 heterocycles. The number of rotatable bonds is 9. The molecule has 1 aromatic rings. The fraction of sp³-hybridized carbons (Fsp3) is 0.600. The smallest absolute Gasteiger partial charge is 0.133 e. The molecule has 2 unspecified atom stereocenters. The van der Waals surface area contributed by atoms with E-state index in [-0.39, 0.29) is 30.0 Å². The van der Waals surface area contributed by atoms with Crippen molar-refractivity contribution in [2.45, 2.75) is 59.8 Å². The maximum Gasteiger partial charge on any atom is 0.133 e. The van der Waals surface area contributed by atoms with E-state index in [0.717, 1.165) is 6.42 Å². The molecule has 0 saturated heterocycles. The summed E-state index contributed by atoms with van der Waals surface area (Å²) in [5.74, 6) is 0.414. The van der Waals surface area contributed by atoms with Gasteiger partial charge in [0.15, 0.2) is 0 Å². The summed E-state index contributed by atoms with van der Waals surface area (Å²) in [6, 6.07) is 6.22. The number of benzene rings is 1. The Morgan fingerprint density at radius 3 is 2.26 bits per heavy atom. The largest absolute Gasteiger partial charge is 0.396 e. The fourth-order valence-electron chi connectivity index (χ4n) is 2.98. The maximum absolute atomic E-state index is 11.7. The fourth-order valence-corrected chi connectivity index (χ4v) is 2.98. The second kappa shape index (κ2) is 8.97.